The standard InChI is InChI=1S/C27H38N2O3S/c1-20(2)15-17-28(33(31,32)24-13-11-23(12-14-24)27(4,5)6)19-26(30)29-18-16-22-9-7-8-10-25(22)21(29)3/h7-14,20-21H,15-19H2,1-6H3. The third-order valence-electron chi connectivity index (χ3n) is 6.54. The zero-order chi connectivity index (χ0) is 24.4. The predicted molar refractivity (Wildman–Crippen MR) is 134 cm³/mol. The van der Waals surface area contributed by atoms with Crippen LogP contribution in [0.25, 0.3) is 0 Å². The molecule has 1 aliphatic rings. The lowest BCUT2D eigenvalue weighted by Crippen LogP contribution is -2.46. The lowest BCUT2D eigenvalue weighted by Gasteiger charge is -2.36. The van der Waals surface area contributed by atoms with Crippen LogP contribution in [0.1, 0.15) is 70.7 Å². The fraction of sp³-hybridized carbons (Fsp3) is 0.519. The van der Waals surface area contributed by atoms with Crippen LogP contribution in [0.15, 0.2) is 53.4 Å². The van der Waals surface area contributed by atoms with Crippen molar-refractivity contribution in [3.63, 3.8) is 0 Å². The monoisotopic (exact) mass is 470 g/mol. The van der Waals surface area contributed by atoms with Crippen molar-refractivity contribution >= 4 is 15.9 Å². The summed E-state index contributed by atoms with van der Waals surface area (Å²) in [5.41, 5.74) is 3.42. The minimum atomic E-state index is -3.78. The molecule has 0 spiro atoms. The highest BCUT2D eigenvalue weighted by molar-refractivity contribution is 7.89. The average molecular weight is 471 g/mol. The van der Waals surface area contributed by atoms with E-state index in [0.29, 0.717) is 25.4 Å². The van der Waals surface area contributed by atoms with Gasteiger partial charge in [-0.15, -0.1) is 0 Å². The Morgan fingerprint density at radius 3 is 2.33 bits per heavy atom. The summed E-state index contributed by atoms with van der Waals surface area (Å²) in [5, 5.41) is 0. The molecule has 2 aromatic carbocycles. The van der Waals surface area contributed by atoms with E-state index in [1.807, 2.05) is 36.1 Å². The van der Waals surface area contributed by atoms with Crippen LogP contribution in [0, 0.1) is 5.92 Å². The molecule has 0 bridgehead atoms. The first-order chi connectivity index (χ1) is 15.4. The summed E-state index contributed by atoms with van der Waals surface area (Å²) in [6.07, 6.45) is 1.49. The Hall–Kier alpha value is -2.18. The number of hydrogen-bond donors (Lipinski definition) is 0. The van der Waals surface area contributed by atoms with E-state index < -0.39 is 10.0 Å². The first-order valence-corrected chi connectivity index (χ1v) is 13.3. The number of sulfonamides is 1. The van der Waals surface area contributed by atoms with Gasteiger partial charge in [-0.1, -0.05) is 71.0 Å². The number of hydrogen-bond acceptors (Lipinski definition) is 3. The van der Waals surface area contributed by atoms with Crippen LogP contribution in [-0.2, 0) is 26.7 Å². The number of amides is 1. The fourth-order valence-electron chi connectivity index (χ4n) is 4.32. The summed E-state index contributed by atoms with van der Waals surface area (Å²) in [6.45, 7) is 13.2. The summed E-state index contributed by atoms with van der Waals surface area (Å²) in [6, 6.07) is 15.2. The minimum Gasteiger partial charge on any atom is -0.334 e. The molecule has 5 nitrogen and oxygen atoms in total. The molecule has 0 radical (unpaired) electrons. The van der Waals surface area contributed by atoms with Gasteiger partial charge in [-0.2, -0.15) is 4.31 Å². The van der Waals surface area contributed by atoms with Crippen LogP contribution in [0.5, 0.6) is 0 Å². The van der Waals surface area contributed by atoms with Crippen molar-refractivity contribution in [2.24, 2.45) is 5.92 Å². The Bertz CT molecular complexity index is 1070. The third-order valence-corrected chi connectivity index (χ3v) is 8.40. The van der Waals surface area contributed by atoms with E-state index >= 15 is 0 Å². The van der Waals surface area contributed by atoms with Crippen LogP contribution in [0.2, 0.25) is 0 Å². The number of carbonyl (C=O) groups excluding carboxylic acids is 1. The normalized spacial score (nSPS) is 16.8. The molecular formula is C27H38N2O3S. The quantitative estimate of drug-likeness (QED) is 0.561. The van der Waals surface area contributed by atoms with Crippen LogP contribution < -0.4 is 0 Å². The molecule has 0 saturated carbocycles. The molecule has 0 N–H and O–H groups in total. The van der Waals surface area contributed by atoms with Crippen molar-refractivity contribution in [1.82, 2.24) is 9.21 Å². The zero-order valence-electron chi connectivity index (χ0n) is 20.8. The van der Waals surface area contributed by atoms with E-state index in [1.54, 1.807) is 12.1 Å². The van der Waals surface area contributed by atoms with Gasteiger partial charge in [-0.3, -0.25) is 4.79 Å². The van der Waals surface area contributed by atoms with Gasteiger partial charge in [0.1, 0.15) is 0 Å². The molecular weight excluding hydrogens is 432 g/mol. The van der Waals surface area contributed by atoms with Crippen LogP contribution >= 0.6 is 0 Å². The first-order valence-electron chi connectivity index (χ1n) is 11.9. The maximum atomic E-state index is 13.6. The number of rotatable bonds is 7. The van der Waals surface area contributed by atoms with Crippen molar-refractivity contribution in [2.75, 3.05) is 19.6 Å². The lowest BCUT2D eigenvalue weighted by molar-refractivity contribution is -0.134. The number of benzene rings is 2. The van der Waals surface area contributed by atoms with Gasteiger partial charge >= 0.3 is 0 Å². The molecule has 33 heavy (non-hydrogen) atoms. The molecule has 1 amide bonds. The lowest BCUT2D eigenvalue weighted by atomic mass is 9.87. The zero-order valence-corrected chi connectivity index (χ0v) is 21.7. The summed E-state index contributed by atoms with van der Waals surface area (Å²) >= 11 is 0. The van der Waals surface area contributed by atoms with Crippen LogP contribution in [0.3, 0.4) is 0 Å². The maximum Gasteiger partial charge on any atom is 0.243 e. The summed E-state index contributed by atoms with van der Waals surface area (Å²) in [4.78, 5) is 15.4. The summed E-state index contributed by atoms with van der Waals surface area (Å²) in [5.74, 6) is 0.192. The highest BCUT2D eigenvalue weighted by atomic mass is 32.2. The molecule has 1 aliphatic heterocycles. The van der Waals surface area contributed by atoms with Gasteiger partial charge in [0.15, 0.2) is 0 Å². The highest BCUT2D eigenvalue weighted by Gasteiger charge is 2.32. The molecule has 1 atom stereocenters. The number of carbonyl (C=O) groups is 1. The van der Waals surface area contributed by atoms with Gasteiger partial charge in [0.25, 0.3) is 0 Å². The van der Waals surface area contributed by atoms with E-state index in [-0.39, 0.29) is 28.8 Å². The molecule has 0 aliphatic carbocycles. The fourth-order valence-corrected chi connectivity index (χ4v) is 5.72. The van der Waals surface area contributed by atoms with E-state index in [9.17, 15) is 13.2 Å². The van der Waals surface area contributed by atoms with Crippen molar-refractivity contribution < 1.29 is 13.2 Å². The topological polar surface area (TPSA) is 57.7 Å². The largest absolute Gasteiger partial charge is 0.334 e. The SMILES string of the molecule is CC(C)CCN(CC(=O)N1CCc2ccccc2C1C)S(=O)(=O)c1ccc(C(C)(C)C)cc1. The smallest absolute Gasteiger partial charge is 0.243 e. The second-order valence-electron chi connectivity index (χ2n) is 10.5. The molecule has 1 unspecified atom stereocenters. The van der Waals surface area contributed by atoms with Gasteiger partial charge < -0.3 is 4.90 Å². The minimum absolute atomic E-state index is 0.0592. The Kier molecular flexibility index (Phi) is 7.69. The van der Waals surface area contributed by atoms with Gasteiger partial charge in [0.2, 0.25) is 15.9 Å². The van der Waals surface area contributed by atoms with E-state index in [0.717, 1.165) is 17.5 Å². The van der Waals surface area contributed by atoms with Crippen molar-refractivity contribution in [3.05, 3.63) is 65.2 Å². The summed E-state index contributed by atoms with van der Waals surface area (Å²) in [7, 11) is -3.78. The predicted octanol–water partition coefficient (Wildman–Crippen LogP) is 5.17. The van der Waals surface area contributed by atoms with E-state index in [1.165, 1.54) is 9.87 Å². The molecule has 0 fully saturated rings. The Balaban J connectivity index is 1.84. The Labute approximate surface area is 199 Å². The van der Waals surface area contributed by atoms with E-state index in [4.69, 9.17) is 0 Å². The molecule has 0 aromatic heterocycles. The molecule has 6 heteroatoms. The Morgan fingerprint density at radius 2 is 1.73 bits per heavy atom. The van der Waals surface area contributed by atoms with E-state index in [2.05, 4.69) is 46.8 Å². The van der Waals surface area contributed by atoms with Crippen LogP contribution in [-0.4, -0.2) is 43.2 Å². The molecule has 3 rings (SSSR count). The maximum absolute atomic E-state index is 13.6. The highest BCUT2D eigenvalue weighted by Crippen LogP contribution is 2.30. The number of fused-ring (bicyclic) bond motifs is 1. The van der Waals surface area contributed by atoms with Crippen LogP contribution in [0.4, 0.5) is 0 Å². The van der Waals surface area contributed by atoms with Crippen molar-refractivity contribution in [2.45, 2.75) is 70.7 Å². The van der Waals surface area contributed by atoms with Gasteiger partial charge in [-0.05, 0) is 59.9 Å². The third kappa shape index (κ3) is 5.85. The van der Waals surface area contributed by atoms with Gasteiger partial charge in [0.05, 0.1) is 17.5 Å². The first kappa shape index (κ1) is 25.4. The molecule has 0 saturated heterocycles. The van der Waals surface area contributed by atoms with Crippen molar-refractivity contribution in [1.29, 1.82) is 0 Å². The molecule has 2 aromatic rings. The number of nitrogens with zero attached hydrogens (tertiary/aromatic N) is 2. The van der Waals surface area contributed by atoms with Gasteiger partial charge in [0, 0.05) is 13.1 Å². The summed E-state index contributed by atoms with van der Waals surface area (Å²) < 4.78 is 28.5. The second-order valence-corrected chi connectivity index (χ2v) is 12.4. The van der Waals surface area contributed by atoms with Crippen molar-refractivity contribution in [3.8, 4) is 0 Å². The Morgan fingerprint density at radius 1 is 1.09 bits per heavy atom. The second kappa shape index (κ2) is 9.98. The molecule has 1 heterocycles. The average Bonchev–Trinajstić information content (AvgIpc) is 2.76. The molecule has 180 valence electrons. The van der Waals surface area contributed by atoms with Gasteiger partial charge in [-0.25, -0.2) is 8.42 Å².